The van der Waals surface area contributed by atoms with E-state index in [-0.39, 0.29) is 5.91 Å². The number of hydrogen-bond acceptors (Lipinski definition) is 3. The van der Waals surface area contributed by atoms with Gasteiger partial charge in [-0.1, -0.05) is 6.92 Å². The van der Waals surface area contributed by atoms with Crippen LogP contribution in [0.4, 0.5) is 0 Å². The van der Waals surface area contributed by atoms with E-state index in [9.17, 15) is 4.79 Å². The van der Waals surface area contributed by atoms with Crippen LogP contribution in [0.5, 0.6) is 0 Å². The Balaban J connectivity index is 2.45. The summed E-state index contributed by atoms with van der Waals surface area (Å²) in [5.41, 5.74) is 2.36. The normalized spacial score (nSPS) is 10.6. The molecule has 4 nitrogen and oxygen atoms in total. The van der Waals surface area contributed by atoms with Crippen LogP contribution in [0.25, 0.3) is 0 Å². The molecule has 0 aliphatic rings. The van der Waals surface area contributed by atoms with Gasteiger partial charge in [0, 0.05) is 6.42 Å². The van der Waals surface area contributed by atoms with Crippen LogP contribution in [-0.2, 0) is 4.79 Å². The molecule has 13 heavy (non-hydrogen) atoms. The van der Waals surface area contributed by atoms with Crippen molar-refractivity contribution in [1.29, 1.82) is 0 Å². The monoisotopic (exact) mass is 180 g/mol. The van der Waals surface area contributed by atoms with Crippen LogP contribution in [0.3, 0.4) is 0 Å². The molecule has 1 aromatic rings. The smallest absolute Gasteiger partial charge is 0.239 e. The summed E-state index contributed by atoms with van der Waals surface area (Å²) < 4.78 is 5.20. The predicted molar refractivity (Wildman–Crippen MR) is 49.5 cm³/mol. The van der Waals surface area contributed by atoms with E-state index >= 15 is 0 Å². The van der Waals surface area contributed by atoms with Gasteiger partial charge in [-0.2, -0.15) is 5.10 Å². The highest BCUT2D eigenvalue weighted by atomic mass is 16.3. The zero-order valence-electron chi connectivity index (χ0n) is 7.70. The summed E-state index contributed by atoms with van der Waals surface area (Å²) in [6, 6.07) is 3.62. The van der Waals surface area contributed by atoms with Gasteiger partial charge in [0.25, 0.3) is 0 Å². The molecule has 0 spiro atoms. The number of carbonyl (C=O) groups excluding carboxylic acids is 1. The minimum absolute atomic E-state index is 0.112. The van der Waals surface area contributed by atoms with Gasteiger partial charge in [-0.05, 0) is 19.1 Å². The summed E-state index contributed by atoms with van der Waals surface area (Å²) in [6.07, 6.45) is 1.90. The number of nitrogens with one attached hydrogen (secondary N) is 1. The van der Waals surface area contributed by atoms with Crippen LogP contribution in [-0.4, -0.2) is 12.1 Å². The third-order valence-electron chi connectivity index (χ3n) is 1.46. The van der Waals surface area contributed by atoms with E-state index in [4.69, 9.17) is 4.42 Å². The van der Waals surface area contributed by atoms with E-state index in [1.807, 2.05) is 13.0 Å². The van der Waals surface area contributed by atoms with Crippen molar-refractivity contribution in [3.8, 4) is 0 Å². The van der Waals surface area contributed by atoms with Gasteiger partial charge < -0.3 is 4.42 Å². The summed E-state index contributed by atoms with van der Waals surface area (Å²) >= 11 is 0. The number of rotatable bonds is 3. The average Bonchev–Trinajstić information content (AvgIpc) is 2.51. The number of nitrogens with zero attached hydrogens (tertiary/aromatic N) is 1. The van der Waals surface area contributed by atoms with Crippen molar-refractivity contribution in [2.75, 3.05) is 0 Å². The highest BCUT2D eigenvalue weighted by Gasteiger charge is 1.94. The fourth-order valence-corrected chi connectivity index (χ4v) is 0.770. The fourth-order valence-electron chi connectivity index (χ4n) is 0.770. The van der Waals surface area contributed by atoms with Gasteiger partial charge in [0.2, 0.25) is 5.91 Å². The molecule has 1 heterocycles. The molecule has 0 saturated heterocycles. The Labute approximate surface area is 76.6 Å². The third-order valence-corrected chi connectivity index (χ3v) is 1.46. The van der Waals surface area contributed by atoms with Crippen LogP contribution in [0.1, 0.15) is 24.9 Å². The summed E-state index contributed by atoms with van der Waals surface area (Å²) in [6.45, 7) is 3.61. The molecule has 0 fully saturated rings. The first-order valence-electron chi connectivity index (χ1n) is 4.10. The van der Waals surface area contributed by atoms with Crippen molar-refractivity contribution in [3.05, 3.63) is 23.7 Å². The first-order valence-corrected chi connectivity index (χ1v) is 4.10. The number of hydrazone groups is 1. The van der Waals surface area contributed by atoms with E-state index < -0.39 is 0 Å². The Kier molecular flexibility index (Phi) is 3.25. The van der Waals surface area contributed by atoms with Crippen molar-refractivity contribution in [2.45, 2.75) is 20.3 Å². The lowest BCUT2D eigenvalue weighted by Crippen LogP contribution is -2.15. The Hall–Kier alpha value is -1.58. The Morgan fingerprint density at radius 2 is 2.46 bits per heavy atom. The Bertz CT molecular complexity index is 315. The zero-order valence-corrected chi connectivity index (χ0v) is 7.70. The number of amides is 1. The van der Waals surface area contributed by atoms with Gasteiger partial charge in [-0.15, -0.1) is 0 Å². The topological polar surface area (TPSA) is 54.6 Å². The lowest BCUT2D eigenvalue weighted by molar-refractivity contribution is -0.120. The van der Waals surface area contributed by atoms with Gasteiger partial charge in [0.05, 0.1) is 6.21 Å². The second-order valence-corrected chi connectivity index (χ2v) is 2.60. The van der Waals surface area contributed by atoms with E-state index in [2.05, 4.69) is 10.5 Å². The predicted octanol–water partition coefficient (Wildman–Crippen LogP) is 1.45. The lowest BCUT2D eigenvalue weighted by atomic mass is 10.4. The van der Waals surface area contributed by atoms with Crippen LogP contribution < -0.4 is 5.43 Å². The summed E-state index contributed by atoms with van der Waals surface area (Å²) in [7, 11) is 0. The maximum atomic E-state index is 10.8. The standard InChI is InChI=1S/C9H12N2O2/c1-3-9(12)11-10-6-8-5-4-7(2)13-8/h4-6H,3H2,1-2H3,(H,11,12)/b10-6-. The van der Waals surface area contributed by atoms with Crippen LogP contribution >= 0.6 is 0 Å². The first kappa shape index (κ1) is 9.51. The molecule has 70 valence electrons. The molecule has 0 unspecified atom stereocenters. The quantitative estimate of drug-likeness (QED) is 0.565. The largest absolute Gasteiger partial charge is 0.460 e. The van der Waals surface area contributed by atoms with Gasteiger partial charge >= 0.3 is 0 Å². The molecule has 1 aromatic heterocycles. The minimum Gasteiger partial charge on any atom is -0.460 e. The molecule has 0 aliphatic heterocycles. The van der Waals surface area contributed by atoms with Crippen molar-refractivity contribution < 1.29 is 9.21 Å². The molecular weight excluding hydrogens is 168 g/mol. The molecule has 0 bridgehead atoms. The number of hydrogen-bond donors (Lipinski definition) is 1. The SMILES string of the molecule is CCC(=O)N/N=C\c1ccc(C)o1. The van der Waals surface area contributed by atoms with E-state index in [1.54, 1.807) is 13.0 Å². The van der Waals surface area contributed by atoms with Crippen molar-refractivity contribution >= 4 is 12.1 Å². The minimum atomic E-state index is -0.112. The third kappa shape index (κ3) is 3.11. The van der Waals surface area contributed by atoms with Gasteiger partial charge in [-0.25, -0.2) is 5.43 Å². The van der Waals surface area contributed by atoms with Gasteiger partial charge in [0.15, 0.2) is 0 Å². The summed E-state index contributed by atoms with van der Waals surface area (Å²) in [5, 5.41) is 3.71. The number of aryl methyl sites for hydroxylation is 1. The zero-order chi connectivity index (χ0) is 9.68. The van der Waals surface area contributed by atoms with E-state index in [0.717, 1.165) is 5.76 Å². The number of furan rings is 1. The van der Waals surface area contributed by atoms with E-state index in [1.165, 1.54) is 6.21 Å². The molecule has 1 amide bonds. The van der Waals surface area contributed by atoms with Gasteiger partial charge in [-0.3, -0.25) is 4.79 Å². The Morgan fingerprint density at radius 1 is 1.69 bits per heavy atom. The van der Waals surface area contributed by atoms with Crippen LogP contribution in [0, 0.1) is 6.92 Å². The average molecular weight is 180 g/mol. The molecule has 1 rings (SSSR count). The second-order valence-electron chi connectivity index (χ2n) is 2.60. The molecule has 0 aliphatic carbocycles. The lowest BCUT2D eigenvalue weighted by Gasteiger charge is -1.91. The summed E-state index contributed by atoms with van der Waals surface area (Å²) in [5.74, 6) is 1.34. The van der Waals surface area contributed by atoms with Crippen molar-refractivity contribution in [1.82, 2.24) is 5.43 Å². The van der Waals surface area contributed by atoms with Crippen molar-refractivity contribution in [2.24, 2.45) is 5.10 Å². The first-order chi connectivity index (χ1) is 6.22. The molecule has 0 atom stereocenters. The van der Waals surface area contributed by atoms with Crippen LogP contribution in [0.2, 0.25) is 0 Å². The second kappa shape index (κ2) is 4.45. The molecule has 0 aromatic carbocycles. The van der Waals surface area contributed by atoms with Crippen LogP contribution in [0.15, 0.2) is 21.7 Å². The molecule has 0 saturated carbocycles. The maximum absolute atomic E-state index is 10.8. The van der Waals surface area contributed by atoms with Crippen molar-refractivity contribution in [3.63, 3.8) is 0 Å². The maximum Gasteiger partial charge on any atom is 0.239 e. The van der Waals surface area contributed by atoms with E-state index in [0.29, 0.717) is 12.2 Å². The molecule has 4 heteroatoms. The molecule has 0 radical (unpaired) electrons. The molecule has 1 N–H and O–H groups in total. The summed E-state index contributed by atoms with van der Waals surface area (Å²) in [4.78, 5) is 10.8. The highest BCUT2D eigenvalue weighted by molar-refractivity contribution is 5.80. The molecular formula is C9H12N2O2. The van der Waals surface area contributed by atoms with Gasteiger partial charge in [0.1, 0.15) is 11.5 Å². The fraction of sp³-hybridized carbons (Fsp3) is 0.333. The highest BCUT2D eigenvalue weighted by Crippen LogP contribution is 2.02. The number of carbonyl (C=O) groups is 1. The Morgan fingerprint density at radius 3 is 3.00 bits per heavy atom.